The fourth-order valence-electron chi connectivity index (χ4n) is 3.79. The topological polar surface area (TPSA) is 61.8 Å². The van der Waals surface area contributed by atoms with Gasteiger partial charge in [0.05, 0.1) is 17.2 Å². The molecular weight excluding hydrogens is 387 g/mol. The Morgan fingerprint density at radius 3 is 1.83 bits per heavy atom. The van der Waals surface area contributed by atoms with Crippen molar-refractivity contribution in [3.8, 4) is 0 Å². The average Bonchev–Trinajstić information content (AvgIpc) is 2.92. The summed E-state index contributed by atoms with van der Waals surface area (Å²) in [6.45, 7) is 8.88. The molecule has 1 unspecified atom stereocenters. The average molecular weight is 414 g/mol. The zero-order valence-electron chi connectivity index (χ0n) is 17.9. The molecule has 0 bridgehead atoms. The largest absolute Gasteiger partial charge is 0.459 e. The third-order valence-corrected chi connectivity index (χ3v) is 5.05. The SMILES string of the molecule is Cc1cc(C)cc(C(=O)OC[C@H]2OC(C)[C@@H](F)[C@@H]2OC(=O)c2cc(C)cc(C)c2)c1. The van der Waals surface area contributed by atoms with Crippen LogP contribution in [0.4, 0.5) is 4.39 Å². The number of carbonyl (C=O) groups is 2. The molecule has 0 saturated carbocycles. The van der Waals surface area contributed by atoms with E-state index in [0.29, 0.717) is 11.1 Å². The van der Waals surface area contributed by atoms with E-state index in [9.17, 15) is 14.0 Å². The number of aryl methyl sites for hydroxylation is 4. The highest BCUT2D eigenvalue weighted by Crippen LogP contribution is 2.28. The molecule has 0 aliphatic carbocycles. The Morgan fingerprint density at radius 2 is 1.33 bits per heavy atom. The number of esters is 2. The van der Waals surface area contributed by atoms with E-state index in [1.54, 1.807) is 31.2 Å². The molecule has 1 aliphatic rings. The van der Waals surface area contributed by atoms with Crippen LogP contribution < -0.4 is 0 Å². The minimum atomic E-state index is -1.51. The van der Waals surface area contributed by atoms with Crippen LogP contribution >= 0.6 is 0 Å². The Balaban J connectivity index is 1.69. The number of ether oxygens (including phenoxy) is 3. The summed E-state index contributed by atoms with van der Waals surface area (Å²) in [5.74, 6) is -1.16. The first-order valence-electron chi connectivity index (χ1n) is 9.98. The van der Waals surface area contributed by atoms with Gasteiger partial charge in [0.2, 0.25) is 0 Å². The molecule has 0 N–H and O–H groups in total. The molecule has 1 saturated heterocycles. The van der Waals surface area contributed by atoms with E-state index in [4.69, 9.17) is 14.2 Å². The van der Waals surface area contributed by atoms with E-state index in [1.807, 2.05) is 39.8 Å². The first-order valence-corrected chi connectivity index (χ1v) is 9.98. The second-order valence-electron chi connectivity index (χ2n) is 8.05. The third kappa shape index (κ3) is 5.05. The summed E-state index contributed by atoms with van der Waals surface area (Å²) < 4.78 is 31.1. The number of hydrogen-bond donors (Lipinski definition) is 0. The molecule has 0 amide bonds. The molecule has 1 aliphatic heterocycles. The smallest absolute Gasteiger partial charge is 0.338 e. The van der Waals surface area contributed by atoms with E-state index in [2.05, 4.69) is 0 Å². The molecule has 4 atom stereocenters. The highest BCUT2D eigenvalue weighted by atomic mass is 19.1. The predicted octanol–water partition coefficient (Wildman–Crippen LogP) is 4.43. The van der Waals surface area contributed by atoms with Crippen molar-refractivity contribution in [1.29, 1.82) is 0 Å². The van der Waals surface area contributed by atoms with Gasteiger partial charge < -0.3 is 14.2 Å². The molecule has 2 aromatic rings. The first kappa shape index (κ1) is 22.0. The Hall–Kier alpha value is -2.73. The van der Waals surface area contributed by atoms with E-state index >= 15 is 0 Å². The zero-order valence-corrected chi connectivity index (χ0v) is 17.9. The van der Waals surface area contributed by atoms with Crippen LogP contribution in [-0.2, 0) is 14.2 Å². The van der Waals surface area contributed by atoms with Gasteiger partial charge in [0.15, 0.2) is 12.3 Å². The fourth-order valence-corrected chi connectivity index (χ4v) is 3.79. The molecule has 3 rings (SSSR count). The van der Waals surface area contributed by atoms with Gasteiger partial charge in [0.25, 0.3) is 0 Å². The number of halogens is 1. The van der Waals surface area contributed by atoms with Gasteiger partial charge in [0, 0.05) is 0 Å². The van der Waals surface area contributed by atoms with Crippen molar-refractivity contribution < 1.29 is 28.2 Å². The minimum Gasteiger partial charge on any atom is -0.459 e. The summed E-state index contributed by atoms with van der Waals surface area (Å²) in [5, 5.41) is 0. The molecule has 0 aromatic heterocycles. The summed E-state index contributed by atoms with van der Waals surface area (Å²) >= 11 is 0. The summed E-state index contributed by atoms with van der Waals surface area (Å²) in [6.07, 6.45) is -4.31. The van der Waals surface area contributed by atoms with Gasteiger partial charge in [-0.2, -0.15) is 0 Å². The van der Waals surface area contributed by atoms with Gasteiger partial charge in [-0.05, 0) is 58.9 Å². The molecule has 6 heteroatoms. The Kier molecular flexibility index (Phi) is 6.56. The van der Waals surface area contributed by atoms with Crippen LogP contribution in [0.15, 0.2) is 36.4 Å². The number of hydrogen-bond acceptors (Lipinski definition) is 5. The van der Waals surface area contributed by atoms with Crippen LogP contribution in [0.25, 0.3) is 0 Å². The van der Waals surface area contributed by atoms with E-state index < -0.39 is 36.4 Å². The highest BCUT2D eigenvalue weighted by Gasteiger charge is 2.46. The Morgan fingerprint density at radius 1 is 0.867 bits per heavy atom. The predicted molar refractivity (Wildman–Crippen MR) is 111 cm³/mol. The fraction of sp³-hybridized carbons (Fsp3) is 0.417. The van der Waals surface area contributed by atoms with Gasteiger partial charge in [-0.25, -0.2) is 14.0 Å². The minimum absolute atomic E-state index is 0.207. The van der Waals surface area contributed by atoms with Crippen LogP contribution in [0.1, 0.15) is 49.9 Å². The quantitative estimate of drug-likeness (QED) is 0.678. The van der Waals surface area contributed by atoms with Crippen molar-refractivity contribution >= 4 is 11.9 Å². The van der Waals surface area contributed by atoms with Crippen LogP contribution in [0, 0.1) is 27.7 Å². The molecule has 5 nitrogen and oxygen atoms in total. The van der Waals surface area contributed by atoms with Crippen molar-refractivity contribution in [3.05, 3.63) is 69.8 Å². The van der Waals surface area contributed by atoms with Gasteiger partial charge in [-0.3, -0.25) is 0 Å². The van der Waals surface area contributed by atoms with Gasteiger partial charge in [-0.15, -0.1) is 0 Å². The lowest BCUT2D eigenvalue weighted by Crippen LogP contribution is -2.37. The molecular formula is C24H27FO5. The number of benzene rings is 2. The number of rotatable bonds is 5. The molecule has 160 valence electrons. The van der Waals surface area contributed by atoms with Crippen LogP contribution in [0.3, 0.4) is 0 Å². The Labute approximate surface area is 176 Å². The van der Waals surface area contributed by atoms with Crippen LogP contribution in [-0.4, -0.2) is 43.0 Å². The summed E-state index contributed by atoms with van der Waals surface area (Å²) in [4.78, 5) is 25.0. The second-order valence-corrected chi connectivity index (χ2v) is 8.05. The van der Waals surface area contributed by atoms with Crippen molar-refractivity contribution in [2.24, 2.45) is 0 Å². The maximum absolute atomic E-state index is 14.7. The molecule has 0 spiro atoms. The normalized spacial score (nSPS) is 23.3. The van der Waals surface area contributed by atoms with Crippen molar-refractivity contribution in [2.45, 2.75) is 59.1 Å². The Bertz CT molecular complexity index is 914. The standard InChI is InChI=1S/C24H27FO5/c1-13-6-14(2)9-18(8-13)23(26)28-12-20-22(21(25)17(5)29-20)30-24(27)19-10-15(3)7-16(4)11-19/h6-11,17,20-22H,12H2,1-5H3/t17?,20-,21-,22-/m1/s1. The van der Waals surface area contributed by atoms with Gasteiger partial charge in [0.1, 0.15) is 12.7 Å². The van der Waals surface area contributed by atoms with Crippen molar-refractivity contribution in [2.75, 3.05) is 6.61 Å². The summed E-state index contributed by atoms with van der Waals surface area (Å²) in [6, 6.07) is 10.7. The first-order chi connectivity index (χ1) is 14.1. The van der Waals surface area contributed by atoms with Gasteiger partial charge >= 0.3 is 11.9 Å². The lowest BCUT2D eigenvalue weighted by Gasteiger charge is -2.20. The molecule has 30 heavy (non-hydrogen) atoms. The number of alkyl halides is 1. The lowest BCUT2D eigenvalue weighted by molar-refractivity contribution is -0.0403. The zero-order chi connectivity index (χ0) is 22.0. The highest BCUT2D eigenvalue weighted by molar-refractivity contribution is 5.90. The third-order valence-electron chi connectivity index (χ3n) is 5.05. The second kappa shape index (κ2) is 8.96. The molecule has 2 aromatic carbocycles. The van der Waals surface area contributed by atoms with E-state index in [-0.39, 0.29) is 6.61 Å². The van der Waals surface area contributed by atoms with Crippen molar-refractivity contribution in [3.63, 3.8) is 0 Å². The summed E-state index contributed by atoms with van der Waals surface area (Å²) in [7, 11) is 0. The van der Waals surface area contributed by atoms with Crippen LogP contribution in [0.5, 0.6) is 0 Å². The lowest BCUT2D eigenvalue weighted by atomic mass is 10.1. The van der Waals surface area contributed by atoms with Crippen molar-refractivity contribution in [1.82, 2.24) is 0 Å². The summed E-state index contributed by atoms with van der Waals surface area (Å²) in [5.41, 5.74) is 4.47. The van der Waals surface area contributed by atoms with E-state index in [1.165, 1.54) is 0 Å². The molecule has 1 fully saturated rings. The molecule has 0 radical (unpaired) electrons. The maximum atomic E-state index is 14.7. The maximum Gasteiger partial charge on any atom is 0.338 e. The van der Waals surface area contributed by atoms with E-state index in [0.717, 1.165) is 22.3 Å². The number of carbonyl (C=O) groups excluding carboxylic acids is 2. The molecule has 1 heterocycles. The van der Waals surface area contributed by atoms with Gasteiger partial charge in [-0.1, -0.05) is 34.4 Å². The van der Waals surface area contributed by atoms with Crippen LogP contribution in [0.2, 0.25) is 0 Å². The monoisotopic (exact) mass is 414 g/mol.